The molecule has 1 aromatic carbocycles. The van der Waals surface area contributed by atoms with Crippen molar-refractivity contribution in [1.29, 1.82) is 0 Å². The Morgan fingerprint density at radius 1 is 1.56 bits per heavy atom. The highest BCUT2D eigenvalue weighted by atomic mass is 35.5. The molecule has 100 valence electrons. The molecule has 4 heteroatoms. The predicted molar refractivity (Wildman–Crippen MR) is 76.3 cm³/mol. The third-order valence-corrected chi connectivity index (χ3v) is 4.09. The quantitative estimate of drug-likeness (QED) is 0.881. The molecule has 1 heterocycles. The number of aliphatic hydroxyl groups excluding tert-OH is 1. The lowest BCUT2D eigenvalue weighted by atomic mass is 10.1. The minimum Gasteiger partial charge on any atom is -0.396 e. The van der Waals surface area contributed by atoms with E-state index < -0.39 is 0 Å². The molecule has 0 radical (unpaired) electrons. The van der Waals surface area contributed by atoms with Gasteiger partial charge in [-0.15, -0.1) is 0 Å². The highest BCUT2D eigenvalue weighted by molar-refractivity contribution is 6.33. The summed E-state index contributed by atoms with van der Waals surface area (Å²) >= 11 is 6.37. The van der Waals surface area contributed by atoms with Crippen molar-refractivity contribution in [1.82, 2.24) is 5.32 Å². The first-order valence-corrected chi connectivity index (χ1v) is 6.86. The van der Waals surface area contributed by atoms with E-state index in [9.17, 15) is 5.11 Å². The predicted octanol–water partition coefficient (Wildman–Crippen LogP) is 2.44. The average Bonchev–Trinajstić information content (AvgIpc) is 2.86. The SMILES string of the molecule is CNC(C)c1ccc(N2CCC(CO)C2)c(Cl)c1. The summed E-state index contributed by atoms with van der Waals surface area (Å²) in [5, 5.41) is 13.2. The number of nitrogens with one attached hydrogen (secondary N) is 1. The van der Waals surface area contributed by atoms with E-state index in [4.69, 9.17) is 11.6 Å². The van der Waals surface area contributed by atoms with Gasteiger partial charge in [0.1, 0.15) is 0 Å². The van der Waals surface area contributed by atoms with Crippen molar-refractivity contribution in [2.75, 3.05) is 31.6 Å². The molecule has 2 unspecified atom stereocenters. The molecule has 2 atom stereocenters. The summed E-state index contributed by atoms with van der Waals surface area (Å²) < 4.78 is 0. The summed E-state index contributed by atoms with van der Waals surface area (Å²) in [6.07, 6.45) is 1.04. The number of rotatable bonds is 4. The first-order chi connectivity index (χ1) is 8.65. The van der Waals surface area contributed by atoms with Crippen molar-refractivity contribution in [3.63, 3.8) is 0 Å². The summed E-state index contributed by atoms with van der Waals surface area (Å²) in [6, 6.07) is 6.55. The summed E-state index contributed by atoms with van der Waals surface area (Å²) in [5.74, 6) is 0.386. The van der Waals surface area contributed by atoms with Crippen LogP contribution in [0.4, 0.5) is 5.69 Å². The smallest absolute Gasteiger partial charge is 0.0642 e. The zero-order valence-corrected chi connectivity index (χ0v) is 11.7. The summed E-state index contributed by atoms with van der Waals surface area (Å²) in [7, 11) is 1.94. The number of halogens is 1. The molecule has 0 amide bonds. The highest BCUT2D eigenvalue weighted by Crippen LogP contribution is 2.32. The van der Waals surface area contributed by atoms with Crippen LogP contribution in [0.5, 0.6) is 0 Å². The molecule has 1 saturated heterocycles. The Hall–Kier alpha value is -0.770. The molecule has 1 fully saturated rings. The van der Waals surface area contributed by atoms with E-state index in [2.05, 4.69) is 29.3 Å². The monoisotopic (exact) mass is 268 g/mol. The van der Waals surface area contributed by atoms with Crippen LogP contribution in [0.1, 0.15) is 24.9 Å². The molecule has 3 nitrogen and oxygen atoms in total. The Morgan fingerprint density at radius 2 is 2.33 bits per heavy atom. The van der Waals surface area contributed by atoms with Crippen molar-refractivity contribution in [3.05, 3.63) is 28.8 Å². The van der Waals surface area contributed by atoms with Crippen LogP contribution in [0.2, 0.25) is 5.02 Å². The number of hydrogen-bond donors (Lipinski definition) is 2. The number of anilines is 1. The van der Waals surface area contributed by atoms with Crippen LogP contribution in [0, 0.1) is 5.92 Å². The second kappa shape index (κ2) is 5.91. The molecule has 0 bridgehead atoms. The standard InChI is InChI=1S/C14H21ClN2O/c1-10(16-2)12-3-4-14(13(15)7-12)17-6-5-11(8-17)9-18/h3-4,7,10-11,16,18H,5-6,8-9H2,1-2H3. The summed E-state index contributed by atoms with van der Waals surface area (Å²) in [4.78, 5) is 2.26. The summed E-state index contributed by atoms with van der Waals surface area (Å²) in [5.41, 5.74) is 2.28. The third-order valence-electron chi connectivity index (χ3n) is 3.79. The molecule has 1 aliphatic heterocycles. The van der Waals surface area contributed by atoms with E-state index in [1.807, 2.05) is 13.1 Å². The van der Waals surface area contributed by atoms with Crippen LogP contribution in [0.25, 0.3) is 0 Å². The third kappa shape index (κ3) is 2.79. The van der Waals surface area contributed by atoms with Gasteiger partial charge in [-0.1, -0.05) is 17.7 Å². The van der Waals surface area contributed by atoms with Crippen LogP contribution in [0.15, 0.2) is 18.2 Å². The van der Waals surface area contributed by atoms with Gasteiger partial charge >= 0.3 is 0 Å². The number of benzene rings is 1. The van der Waals surface area contributed by atoms with Gasteiger partial charge in [-0.25, -0.2) is 0 Å². The normalized spacial score (nSPS) is 21.3. The van der Waals surface area contributed by atoms with Gasteiger partial charge < -0.3 is 15.3 Å². The average molecular weight is 269 g/mol. The molecule has 2 N–H and O–H groups in total. The number of hydrogen-bond acceptors (Lipinski definition) is 3. The fraction of sp³-hybridized carbons (Fsp3) is 0.571. The van der Waals surface area contributed by atoms with Crippen LogP contribution >= 0.6 is 11.6 Å². The van der Waals surface area contributed by atoms with E-state index in [0.717, 1.165) is 30.2 Å². The number of nitrogens with zero attached hydrogens (tertiary/aromatic N) is 1. The van der Waals surface area contributed by atoms with Gasteiger partial charge in [0.05, 0.1) is 10.7 Å². The Labute approximate surface area is 114 Å². The molecule has 18 heavy (non-hydrogen) atoms. The first kappa shape index (κ1) is 13.7. The van der Waals surface area contributed by atoms with Crippen molar-refractivity contribution < 1.29 is 5.11 Å². The van der Waals surface area contributed by atoms with Gasteiger partial charge in [0, 0.05) is 31.7 Å². The lowest BCUT2D eigenvalue weighted by molar-refractivity contribution is 0.238. The zero-order valence-electron chi connectivity index (χ0n) is 11.0. The Morgan fingerprint density at radius 3 is 2.89 bits per heavy atom. The minimum atomic E-state index is 0.267. The first-order valence-electron chi connectivity index (χ1n) is 6.48. The second-order valence-electron chi connectivity index (χ2n) is 5.00. The van der Waals surface area contributed by atoms with E-state index in [0.29, 0.717) is 12.0 Å². The minimum absolute atomic E-state index is 0.267. The molecular formula is C14H21ClN2O. The van der Waals surface area contributed by atoms with Crippen LogP contribution in [0.3, 0.4) is 0 Å². The molecule has 0 saturated carbocycles. The van der Waals surface area contributed by atoms with Crippen molar-refractivity contribution in [2.24, 2.45) is 5.92 Å². The van der Waals surface area contributed by atoms with Gasteiger partial charge in [0.2, 0.25) is 0 Å². The van der Waals surface area contributed by atoms with Gasteiger partial charge in [0.25, 0.3) is 0 Å². The van der Waals surface area contributed by atoms with E-state index in [-0.39, 0.29) is 6.61 Å². The number of aliphatic hydroxyl groups is 1. The maximum atomic E-state index is 9.18. The molecule has 0 spiro atoms. The van der Waals surface area contributed by atoms with Crippen molar-refractivity contribution >= 4 is 17.3 Å². The molecule has 2 rings (SSSR count). The highest BCUT2D eigenvalue weighted by Gasteiger charge is 2.23. The largest absolute Gasteiger partial charge is 0.396 e. The van der Waals surface area contributed by atoms with Crippen molar-refractivity contribution in [2.45, 2.75) is 19.4 Å². The maximum Gasteiger partial charge on any atom is 0.0642 e. The Bertz CT molecular complexity index is 411. The fourth-order valence-corrected chi connectivity index (χ4v) is 2.72. The van der Waals surface area contributed by atoms with Gasteiger partial charge in [-0.2, -0.15) is 0 Å². The molecule has 0 aromatic heterocycles. The lowest BCUT2D eigenvalue weighted by Gasteiger charge is -2.21. The molecule has 1 aromatic rings. The van der Waals surface area contributed by atoms with Crippen LogP contribution in [-0.2, 0) is 0 Å². The Kier molecular flexibility index (Phi) is 4.49. The maximum absolute atomic E-state index is 9.18. The fourth-order valence-electron chi connectivity index (χ4n) is 2.42. The zero-order chi connectivity index (χ0) is 13.1. The Balaban J connectivity index is 2.15. The van der Waals surface area contributed by atoms with Gasteiger partial charge in [0.15, 0.2) is 0 Å². The van der Waals surface area contributed by atoms with E-state index in [1.165, 1.54) is 5.56 Å². The van der Waals surface area contributed by atoms with E-state index in [1.54, 1.807) is 0 Å². The van der Waals surface area contributed by atoms with Crippen LogP contribution in [-0.4, -0.2) is 31.9 Å². The topological polar surface area (TPSA) is 35.5 Å². The van der Waals surface area contributed by atoms with Crippen LogP contribution < -0.4 is 10.2 Å². The van der Waals surface area contributed by atoms with Crippen molar-refractivity contribution in [3.8, 4) is 0 Å². The summed E-state index contributed by atoms with van der Waals surface area (Å²) in [6.45, 7) is 4.26. The molecular weight excluding hydrogens is 248 g/mol. The molecule has 0 aliphatic carbocycles. The van der Waals surface area contributed by atoms with E-state index >= 15 is 0 Å². The van der Waals surface area contributed by atoms with Gasteiger partial charge in [-0.3, -0.25) is 0 Å². The van der Waals surface area contributed by atoms with Gasteiger partial charge in [-0.05, 0) is 38.1 Å². The lowest BCUT2D eigenvalue weighted by Crippen LogP contribution is -2.21. The molecule has 1 aliphatic rings. The second-order valence-corrected chi connectivity index (χ2v) is 5.41.